The molecule has 3 amide bonds. The highest BCUT2D eigenvalue weighted by Gasteiger charge is 2.31. The van der Waals surface area contributed by atoms with Gasteiger partial charge in [0.05, 0.1) is 13.2 Å². The second-order valence-corrected chi connectivity index (χ2v) is 11.6. The first-order valence-electron chi connectivity index (χ1n) is 15.5. The molecule has 3 N–H and O–H groups in total. The summed E-state index contributed by atoms with van der Waals surface area (Å²) in [4.78, 5) is 66.1. The largest absolute Gasteiger partial charge is 0.464 e. The lowest BCUT2D eigenvalue weighted by Crippen LogP contribution is -2.57. The highest BCUT2D eigenvalue weighted by molar-refractivity contribution is 5.93. The molecule has 1 aromatic carbocycles. The third-order valence-corrected chi connectivity index (χ3v) is 7.15. The first-order chi connectivity index (χ1) is 20.6. The van der Waals surface area contributed by atoms with Gasteiger partial charge in [-0.2, -0.15) is 0 Å². The summed E-state index contributed by atoms with van der Waals surface area (Å²) in [7, 11) is 0. The van der Waals surface area contributed by atoms with Crippen molar-refractivity contribution >= 4 is 29.7 Å². The molecule has 2 rings (SSSR count). The molecule has 1 aliphatic rings. The summed E-state index contributed by atoms with van der Waals surface area (Å²) in [5.74, 6) is -2.62. The van der Waals surface area contributed by atoms with Crippen LogP contribution in [0.5, 0.6) is 0 Å². The maximum atomic E-state index is 13.5. The fourth-order valence-electron chi connectivity index (χ4n) is 4.83. The van der Waals surface area contributed by atoms with Crippen LogP contribution in [0, 0.1) is 5.92 Å². The van der Waals surface area contributed by atoms with Crippen LogP contribution in [0.3, 0.4) is 0 Å². The average Bonchev–Trinajstić information content (AvgIpc) is 2.97. The van der Waals surface area contributed by atoms with Gasteiger partial charge in [-0.05, 0) is 63.1 Å². The number of hydrogen-bond acceptors (Lipinski definition) is 8. The maximum Gasteiger partial charge on any atom is 0.332 e. The number of piperidine rings is 1. The molecule has 0 spiro atoms. The van der Waals surface area contributed by atoms with E-state index in [1.807, 2.05) is 56.0 Å². The van der Waals surface area contributed by atoms with Crippen LogP contribution >= 0.6 is 0 Å². The van der Waals surface area contributed by atoms with E-state index < -0.39 is 41.9 Å². The minimum absolute atomic E-state index is 0.0249. The van der Waals surface area contributed by atoms with Crippen molar-refractivity contribution in [2.75, 3.05) is 32.8 Å². The topological polar surface area (TPSA) is 143 Å². The van der Waals surface area contributed by atoms with Gasteiger partial charge in [0.1, 0.15) is 18.7 Å². The monoisotopic (exact) mass is 602 g/mol. The Labute approximate surface area is 255 Å². The third kappa shape index (κ3) is 14.5. The summed E-state index contributed by atoms with van der Waals surface area (Å²) in [5.41, 5.74) is 1.02. The van der Waals surface area contributed by atoms with Gasteiger partial charge in [0.2, 0.25) is 17.7 Å². The molecule has 0 aliphatic carbocycles. The number of hydrogen-bond donors (Lipinski definition) is 3. The van der Waals surface area contributed by atoms with Crippen LogP contribution in [0.4, 0.5) is 0 Å². The van der Waals surface area contributed by atoms with E-state index in [9.17, 15) is 24.0 Å². The molecular weight excluding hydrogens is 552 g/mol. The molecule has 0 unspecified atom stereocenters. The van der Waals surface area contributed by atoms with Crippen LogP contribution in [-0.4, -0.2) is 85.5 Å². The van der Waals surface area contributed by atoms with Crippen molar-refractivity contribution < 1.29 is 33.4 Å². The van der Waals surface area contributed by atoms with Gasteiger partial charge in [0.25, 0.3) is 0 Å². The van der Waals surface area contributed by atoms with Gasteiger partial charge in [0.15, 0.2) is 6.04 Å². The number of esters is 2. The Morgan fingerprint density at radius 3 is 2.14 bits per heavy atom. The highest BCUT2D eigenvalue weighted by atomic mass is 16.6. The molecule has 0 aromatic heterocycles. The molecule has 43 heavy (non-hydrogen) atoms. The van der Waals surface area contributed by atoms with Crippen molar-refractivity contribution in [3.05, 3.63) is 35.9 Å². The van der Waals surface area contributed by atoms with Crippen LogP contribution in [0.1, 0.15) is 78.2 Å². The molecule has 3 atom stereocenters. The number of carbonyl (C=O) groups is 5. The number of ether oxygens (including phenoxy) is 2. The molecule has 11 nitrogen and oxygen atoms in total. The SMILES string of the molecule is CCCCOC(=O)[C@H](COC(=O)CN1CCCCC1)NC(=O)[C@H](CC(C)C)NC(=O)[C@H](CCc1ccccc1)NC(C)=O. The predicted molar refractivity (Wildman–Crippen MR) is 163 cm³/mol. The van der Waals surface area contributed by atoms with Crippen LogP contribution < -0.4 is 16.0 Å². The Balaban J connectivity index is 2.09. The molecule has 0 bridgehead atoms. The van der Waals surface area contributed by atoms with Crippen molar-refractivity contribution in [1.29, 1.82) is 0 Å². The van der Waals surface area contributed by atoms with Crippen molar-refractivity contribution in [2.45, 2.75) is 97.2 Å². The third-order valence-electron chi connectivity index (χ3n) is 7.15. The van der Waals surface area contributed by atoms with E-state index in [0.717, 1.165) is 44.3 Å². The van der Waals surface area contributed by atoms with Crippen LogP contribution in [0.25, 0.3) is 0 Å². The number of aryl methyl sites for hydroxylation is 1. The average molecular weight is 603 g/mol. The summed E-state index contributed by atoms with van der Waals surface area (Å²) in [5, 5.41) is 8.10. The number of unbranched alkanes of at least 4 members (excludes halogenated alkanes) is 1. The normalized spacial score (nSPS) is 15.6. The van der Waals surface area contributed by atoms with E-state index in [1.165, 1.54) is 6.92 Å². The van der Waals surface area contributed by atoms with Gasteiger partial charge in [0, 0.05) is 6.92 Å². The van der Waals surface area contributed by atoms with Crippen LogP contribution in [-0.2, 0) is 39.9 Å². The quantitative estimate of drug-likeness (QED) is 0.172. The summed E-state index contributed by atoms with van der Waals surface area (Å²) in [6.07, 6.45) is 5.82. The van der Waals surface area contributed by atoms with Crippen LogP contribution in [0.2, 0.25) is 0 Å². The standard InChI is InChI=1S/C32H50N4O7/c1-5-6-19-42-32(41)28(22-43-29(38)21-36-17-11-8-12-18-36)35-31(40)27(20-23(2)3)34-30(39)26(33-24(4)37)16-15-25-13-9-7-10-14-25/h7,9-10,13-14,23,26-28H,5-6,8,11-12,15-22H2,1-4H3,(H,33,37)(H,34,39)(H,35,40)/t26-,27-,28-/m0/s1. The Morgan fingerprint density at radius 1 is 0.860 bits per heavy atom. The second-order valence-electron chi connectivity index (χ2n) is 11.6. The molecular formula is C32H50N4O7. The van der Waals surface area contributed by atoms with Gasteiger partial charge in [-0.1, -0.05) is 63.9 Å². The van der Waals surface area contributed by atoms with Crippen molar-refractivity contribution in [1.82, 2.24) is 20.9 Å². The van der Waals surface area contributed by atoms with Gasteiger partial charge < -0.3 is 25.4 Å². The number of amides is 3. The Morgan fingerprint density at radius 2 is 1.51 bits per heavy atom. The number of likely N-dealkylation sites (tertiary alicyclic amines) is 1. The first kappa shape index (κ1) is 35.7. The Hall–Kier alpha value is -3.47. The zero-order valence-corrected chi connectivity index (χ0v) is 26.2. The van der Waals surface area contributed by atoms with Gasteiger partial charge in [-0.3, -0.25) is 24.1 Å². The van der Waals surface area contributed by atoms with E-state index in [0.29, 0.717) is 19.3 Å². The molecule has 1 aromatic rings. The lowest BCUT2D eigenvalue weighted by Gasteiger charge is -2.27. The Bertz CT molecular complexity index is 1030. The summed E-state index contributed by atoms with van der Waals surface area (Å²) >= 11 is 0. The summed E-state index contributed by atoms with van der Waals surface area (Å²) in [6, 6.07) is 6.51. The smallest absolute Gasteiger partial charge is 0.332 e. The maximum absolute atomic E-state index is 13.5. The van der Waals surface area contributed by atoms with E-state index in [4.69, 9.17) is 9.47 Å². The number of carbonyl (C=O) groups excluding carboxylic acids is 5. The van der Waals surface area contributed by atoms with Crippen molar-refractivity contribution in [2.24, 2.45) is 5.92 Å². The zero-order valence-electron chi connectivity index (χ0n) is 26.2. The predicted octanol–water partition coefficient (Wildman–Crippen LogP) is 2.51. The number of nitrogens with zero attached hydrogens (tertiary/aromatic N) is 1. The second kappa shape index (κ2) is 19.7. The lowest BCUT2D eigenvalue weighted by atomic mass is 10.0. The molecule has 11 heteroatoms. The highest BCUT2D eigenvalue weighted by Crippen LogP contribution is 2.11. The van der Waals surface area contributed by atoms with E-state index >= 15 is 0 Å². The summed E-state index contributed by atoms with van der Waals surface area (Å²) in [6.45, 7) is 8.66. The molecule has 1 aliphatic heterocycles. The van der Waals surface area contributed by atoms with E-state index in [-0.39, 0.29) is 38.0 Å². The van der Waals surface area contributed by atoms with Crippen LogP contribution in [0.15, 0.2) is 30.3 Å². The molecule has 1 saturated heterocycles. The molecule has 1 heterocycles. The van der Waals surface area contributed by atoms with E-state index in [2.05, 4.69) is 16.0 Å². The minimum Gasteiger partial charge on any atom is -0.464 e. The zero-order chi connectivity index (χ0) is 31.6. The number of benzene rings is 1. The fourth-order valence-corrected chi connectivity index (χ4v) is 4.83. The molecule has 0 radical (unpaired) electrons. The first-order valence-corrected chi connectivity index (χ1v) is 15.5. The van der Waals surface area contributed by atoms with Gasteiger partial charge in [-0.15, -0.1) is 0 Å². The lowest BCUT2D eigenvalue weighted by molar-refractivity contribution is -0.154. The van der Waals surface area contributed by atoms with Gasteiger partial charge >= 0.3 is 11.9 Å². The van der Waals surface area contributed by atoms with Crippen molar-refractivity contribution in [3.63, 3.8) is 0 Å². The van der Waals surface area contributed by atoms with Gasteiger partial charge in [-0.25, -0.2) is 4.79 Å². The minimum atomic E-state index is -1.23. The Kier molecular flexibility index (Phi) is 16.3. The summed E-state index contributed by atoms with van der Waals surface area (Å²) < 4.78 is 10.7. The molecule has 240 valence electrons. The van der Waals surface area contributed by atoms with Crippen molar-refractivity contribution in [3.8, 4) is 0 Å². The molecule has 1 fully saturated rings. The number of nitrogens with one attached hydrogen (secondary N) is 3. The number of rotatable bonds is 18. The fraction of sp³-hybridized carbons (Fsp3) is 0.656. The molecule has 0 saturated carbocycles. The van der Waals surface area contributed by atoms with E-state index in [1.54, 1.807) is 0 Å².